The minimum absolute atomic E-state index is 0.132. The van der Waals surface area contributed by atoms with Gasteiger partial charge in [-0.15, -0.1) is 0 Å². The molecule has 2 aromatic heterocycles. The number of methoxy groups -OCH3 is 1. The first-order chi connectivity index (χ1) is 17.2. The molecule has 3 heterocycles. The molecule has 0 spiro atoms. The van der Waals surface area contributed by atoms with Gasteiger partial charge in [0.25, 0.3) is 5.91 Å². The van der Waals surface area contributed by atoms with Gasteiger partial charge in [0, 0.05) is 49.4 Å². The lowest BCUT2D eigenvalue weighted by Crippen LogP contribution is -2.45. The predicted molar refractivity (Wildman–Crippen MR) is 141 cm³/mol. The molecule has 0 atom stereocenters. The van der Waals surface area contributed by atoms with E-state index in [0.717, 1.165) is 27.8 Å². The monoisotopic (exact) mass is 484 g/mol. The number of aromatic nitrogens is 3. The first kappa shape index (κ1) is 24.1. The third-order valence-corrected chi connectivity index (χ3v) is 6.88. The number of nitrogens with zero attached hydrogens (tertiary/aromatic N) is 4. The summed E-state index contributed by atoms with van der Waals surface area (Å²) in [4.78, 5) is 19.3. The Hall–Kier alpha value is -3.65. The van der Waals surface area contributed by atoms with Crippen LogP contribution >= 0.6 is 0 Å². The van der Waals surface area contributed by atoms with E-state index in [2.05, 4.69) is 10.1 Å². The molecule has 0 radical (unpaired) electrons. The van der Waals surface area contributed by atoms with Gasteiger partial charge in [-0.3, -0.25) is 14.5 Å². The van der Waals surface area contributed by atoms with Crippen molar-refractivity contribution in [1.29, 1.82) is 0 Å². The van der Waals surface area contributed by atoms with Gasteiger partial charge in [0.15, 0.2) is 0 Å². The summed E-state index contributed by atoms with van der Waals surface area (Å²) in [5.41, 5.74) is 4.88. The van der Waals surface area contributed by atoms with E-state index in [-0.39, 0.29) is 18.3 Å². The molecule has 5 rings (SSSR count). The lowest BCUT2D eigenvalue weighted by Gasteiger charge is -2.33. The number of fused-ring (bicyclic) bond motifs is 2. The first-order valence-corrected chi connectivity index (χ1v) is 11.9. The molecule has 0 bridgehead atoms. The number of pyridine rings is 1. The molecule has 0 unspecified atom stereocenters. The summed E-state index contributed by atoms with van der Waals surface area (Å²) in [5.74, 6) is 0.172. The fourth-order valence-corrected chi connectivity index (χ4v) is 4.95. The van der Waals surface area contributed by atoms with Crippen LogP contribution in [-0.4, -0.2) is 61.6 Å². The zero-order chi connectivity index (χ0) is 25.6. The number of carbonyl (C=O) groups is 1. The lowest BCUT2D eigenvalue weighted by atomic mass is 9.59. The molecule has 1 aliphatic rings. The standard InChI is InChI=1S/C26H27B2FN4O3/c1-15-11-16(17-6-7-22(36-10-9-35-3)23-20(17)13-32(2)31-23)12-21(29)19(15)14-33-25(34)18-5-4-8-30-24(18)26(33,27)28/h4-8,11-13H,9-10,14,27-28H2,1-3H3. The van der Waals surface area contributed by atoms with Gasteiger partial charge in [0.1, 0.15) is 39.4 Å². The molecule has 0 fully saturated rings. The van der Waals surface area contributed by atoms with E-state index in [1.54, 1.807) is 35.0 Å². The Morgan fingerprint density at radius 2 is 1.94 bits per heavy atom. The molecule has 0 saturated heterocycles. The van der Waals surface area contributed by atoms with Crippen LogP contribution in [-0.2, 0) is 23.7 Å². The van der Waals surface area contributed by atoms with Crippen LogP contribution in [0.2, 0.25) is 0 Å². The number of hydrogen-bond acceptors (Lipinski definition) is 5. The third-order valence-electron chi connectivity index (χ3n) is 6.88. The minimum atomic E-state index is -0.633. The van der Waals surface area contributed by atoms with Gasteiger partial charge < -0.3 is 14.4 Å². The zero-order valence-corrected chi connectivity index (χ0v) is 21.1. The third kappa shape index (κ3) is 3.95. The molecular formula is C26H27B2FN4O3. The number of aryl methyl sites for hydroxylation is 2. The molecule has 4 aromatic rings. The van der Waals surface area contributed by atoms with Crippen molar-refractivity contribution in [2.75, 3.05) is 20.3 Å². The number of rotatable bonds is 7. The van der Waals surface area contributed by atoms with Crippen LogP contribution in [0.4, 0.5) is 4.39 Å². The summed E-state index contributed by atoms with van der Waals surface area (Å²) in [5, 5.41) is 4.80. The van der Waals surface area contributed by atoms with E-state index in [0.29, 0.717) is 35.6 Å². The predicted octanol–water partition coefficient (Wildman–Crippen LogP) is 2.14. The van der Waals surface area contributed by atoms with Crippen LogP contribution in [0.15, 0.2) is 48.8 Å². The second kappa shape index (κ2) is 9.09. The molecule has 0 aliphatic carbocycles. The molecule has 0 N–H and O–H groups in total. The fourth-order valence-electron chi connectivity index (χ4n) is 4.95. The second-order valence-corrected chi connectivity index (χ2v) is 9.62. The van der Waals surface area contributed by atoms with Crippen molar-refractivity contribution in [3.05, 3.63) is 77.0 Å². The Kier molecular flexibility index (Phi) is 6.08. The maximum Gasteiger partial charge on any atom is 0.255 e. The molecule has 2 aromatic carbocycles. The lowest BCUT2D eigenvalue weighted by molar-refractivity contribution is 0.0729. The fraction of sp³-hybridized carbons (Fsp3) is 0.269. The molecule has 0 saturated carbocycles. The van der Waals surface area contributed by atoms with Crippen molar-refractivity contribution >= 4 is 32.5 Å². The highest BCUT2D eigenvalue weighted by Gasteiger charge is 2.43. The van der Waals surface area contributed by atoms with Gasteiger partial charge in [-0.05, 0) is 53.9 Å². The minimum Gasteiger partial charge on any atom is -0.489 e. The Balaban J connectivity index is 1.50. The van der Waals surface area contributed by atoms with Crippen molar-refractivity contribution in [1.82, 2.24) is 19.7 Å². The molecule has 7 nitrogen and oxygen atoms in total. The summed E-state index contributed by atoms with van der Waals surface area (Å²) in [6, 6.07) is 10.8. The quantitative estimate of drug-likeness (QED) is 0.297. The number of hydrogen-bond donors (Lipinski definition) is 0. The maximum atomic E-state index is 15.6. The summed E-state index contributed by atoms with van der Waals surface area (Å²) in [7, 11) is 7.36. The van der Waals surface area contributed by atoms with Crippen molar-refractivity contribution in [2.24, 2.45) is 7.05 Å². The van der Waals surface area contributed by atoms with Crippen molar-refractivity contribution < 1.29 is 18.7 Å². The molecule has 36 heavy (non-hydrogen) atoms. The summed E-state index contributed by atoms with van der Waals surface area (Å²) >= 11 is 0. The van der Waals surface area contributed by atoms with Crippen LogP contribution in [0.3, 0.4) is 0 Å². The summed E-state index contributed by atoms with van der Waals surface area (Å²) < 4.78 is 28.3. The maximum absolute atomic E-state index is 15.6. The summed E-state index contributed by atoms with van der Waals surface area (Å²) in [6.45, 7) is 2.92. The van der Waals surface area contributed by atoms with Gasteiger partial charge in [-0.25, -0.2) is 4.39 Å². The molecule has 10 heteroatoms. The van der Waals surface area contributed by atoms with Crippen LogP contribution in [0.25, 0.3) is 22.0 Å². The highest BCUT2D eigenvalue weighted by molar-refractivity contribution is 6.42. The van der Waals surface area contributed by atoms with E-state index in [9.17, 15) is 4.79 Å². The van der Waals surface area contributed by atoms with Crippen LogP contribution in [0.5, 0.6) is 5.75 Å². The van der Waals surface area contributed by atoms with Crippen LogP contribution < -0.4 is 4.74 Å². The van der Waals surface area contributed by atoms with E-state index < -0.39 is 5.34 Å². The van der Waals surface area contributed by atoms with Gasteiger partial charge in [-0.2, -0.15) is 5.10 Å². The Labute approximate surface area is 211 Å². The van der Waals surface area contributed by atoms with E-state index >= 15 is 4.39 Å². The van der Waals surface area contributed by atoms with Crippen molar-refractivity contribution in [3.8, 4) is 16.9 Å². The molecule has 182 valence electrons. The van der Waals surface area contributed by atoms with E-state index in [4.69, 9.17) is 9.47 Å². The van der Waals surface area contributed by atoms with Gasteiger partial charge in [0.2, 0.25) is 0 Å². The van der Waals surface area contributed by atoms with Gasteiger partial charge in [-0.1, -0.05) is 6.07 Å². The van der Waals surface area contributed by atoms with Crippen molar-refractivity contribution in [2.45, 2.75) is 18.8 Å². The number of halogens is 1. The number of benzene rings is 2. The number of amides is 1. The summed E-state index contributed by atoms with van der Waals surface area (Å²) in [6.07, 6.45) is 3.59. The topological polar surface area (TPSA) is 69.5 Å². The van der Waals surface area contributed by atoms with E-state index in [1.165, 1.54) is 6.07 Å². The van der Waals surface area contributed by atoms with Crippen LogP contribution in [0, 0.1) is 12.7 Å². The Morgan fingerprint density at radius 3 is 2.67 bits per heavy atom. The molecular weight excluding hydrogens is 457 g/mol. The molecule has 1 aliphatic heterocycles. The molecule has 1 amide bonds. The SMILES string of the molecule is BC1(B)c2ncccc2C(=O)N1Cc1c(C)cc(-c2ccc(OCCOC)c3nn(C)cc23)cc1F. The van der Waals surface area contributed by atoms with Gasteiger partial charge in [0.05, 0.1) is 17.9 Å². The average molecular weight is 484 g/mol. The average Bonchev–Trinajstić information content (AvgIpc) is 3.32. The Morgan fingerprint density at radius 1 is 1.14 bits per heavy atom. The largest absolute Gasteiger partial charge is 0.489 e. The smallest absolute Gasteiger partial charge is 0.255 e. The zero-order valence-electron chi connectivity index (χ0n) is 21.1. The number of ether oxygens (including phenoxy) is 2. The van der Waals surface area contributed by atoms with Gasteiger partial charge >= 0.3 is 0 Å². The Bertz CT molecular complexity index is 1460. The normalized spacial score (nSPS) is 14.4. The van der Waals surface area contributed by atoms with Crippen LogP contribution in [0.1, 0.15) is 27.2 Å². The number of carbonyl (C=O) groups excluding carboxylic acids is 1. The second-order valence-electron chi connectivity index (χ2n) is 9.62. The van der Waals surface area contributed by atoms with E-state index in [1.807, 2.05) is 54.1 Å². The van der Waals surface area contributed by atoms with Crippen molar-refractivity contribution in [3.63, 3.8) is 0 Å². The first-order valence-electron chi connectivity index (χ1n) is 11.9. The highest BCUT2D eigenvalue weighted by Crippen LogP contribution is 2.38. The highest BCUT2D eigenvalue weighted by atomic mass is 19.1.